The Kier molecular flexibility index (Phi) is 4.38. The van der Waals surface area contributed by atoms with Gasteiger partial charge in [0.1, 0.15) is 11.7 Å². The summed E-state index contributed by atoms with van der Waals surface area (Å²) >= 11 is 2.95. The van der Waals surface area contributed by atoms with E-state index in [0.29, 0.717) is 0 Å². The number of carbonyl (C=O) groups excluding carboxylic acids is 2. The van der Waals surface area contributed by atoms with Crippen LogP contribution in [0.25, 0.3) is 16.3 Å². The summed E-state index contributed by atoms with van der Waals surface area (Å²) in [5.74, 6) is -2.00. The fourth-order valence-electron chi connectivity index (χ4n) is 3.60. The fraction of sp³-hybridized carbons (Fsp3) is 0.0870. The molecule has 2 aliphatic rings. The zero-order chi connectivity index (χ0) is 21.0. The van der Waals surface area contributed by atoms with Gasteiger partial charge in [0.25, 0.3) is 5.01 Å². The number of aryl methyl sites for hydroxylation is 1. The second kappa shape index (κ2) is 6.97. The smallest absolute Gasteiger partial charge is 0.263 e. The second-order valence-corrected chi connectivity index (χ2v) is 9.16. The number of fused-ring (bicyclic) bond motifs is 2. The topological polar surface area (TPSA) is 64.3 Å². The van der Waals surface area contributed by atoms with Crippen molar-refractivity contribution in [1.82, 2.24) is 0 Å². The van der Waals surface area contributed by atoms with Crippen LogP contribution in [0.1, 0.15) is 5.01 Å². The molecule has 0 N–H and O–H groups in total. The molecule has 1 aliphatic carbocycles. The van der Waals surface area contributed by atoms with Crippen molar-refractivity contribution in [2.24, 2.45) is 7.05 Å². The van der Waals surface area contributed by atoms with Crippen molar-refractivity contribution in [3.8, 4) is 0 Å². The van der Waals surface area contributed by atoms with Gasteiger partial charge < -0.3 is 10.0 Å². The summed E-state index contributed by atoms with van der Waals surface area (Å²) in [5, 5.41) is 14.5. The number of hydrogen-bond donors (Lipinski definition) is 0. The average Bonchev–Trinajstić information content (AvgIpc) is 3.31. The van der Waals surface area contributed by atoms with Gasteiger partial charge in [-0.1, -0.05) is 53.1 Å². The van der Waals surface area contributed by atoms with Crippen LogP contribution in [0, 0.1) is 0 Å². The third kappa shape index (κ3) is 2.81. The number of anilines is 1. The molecule has 0 radical (unpaired) electrons. The first kappa shape index (κ1) is 18.8. The van der Waals surface area contributed by atoms with Gasteiger partial charge >= 0.3 is 0 Å². The molecule has 0 atom stereocenters. The summed E-state index contributed by atoms with van der Waals surface area (Å²) in [6, 6.07) is 15.7. The van der Waals surface area contributed by atoms with Crippen LogP contribution in [-0.2, 0) is 16.6 Å². The van der Waals surface area contributed by atoms with Crippen LogP contribution in [-0.4, -0.2) is 18.6 Å². The molecular formula is C23H16N2O3S2. The number of aromatic nitrogens is 1. The van der Waals surface area contributed by atoms with Gasteiger partial charge in [0.15, 0.2) is 0 Å². The number of ketones is 2. The molecule has 0 bridgehead atoms. The summed E-state index contributed by atoms with van der Waals surface area (Å²) in [4.78, 5) is 28.2. The van der Waals surface area contributed by atoms with Crippen molar-refractivity contribution in [1.29, 1.82) is 0 Å². The Balaban J connectivity index is 1.57. The third-order valence-corrected chi connectivity index (χ3v) is 7.60. The largest absolute Gasteiger partial charge is 0.871 e. The first-order valence-electron chi connectivity index (χ1n) is 9.28. The van der Waals surface area contributed by atoms with Crippen molar-refractivity contribution >= 4 is 56.6 Å². The zero-order valence-electron chi connectivity index (χ0n) is 16.2. The van der Waals surface area contributed by atoms with E-state index in [1.165, 1.54) is 23.1 Å². The van der Waals surface area contributed by atoms with E-state index in [2.05, 4.69) is 0 Å². The van der Waals surface area contributed by atoms with Gasteiger partial charge in [0.2, 0.25) is 17.1 Å². The molecule has 7 heteroatoms. The number of para-hydroxylation sites is 2. The highest BCUT2D eigenvalue weighted by molar-refractivity contribution is 8.03. The first-order chi connectivity index (χ1) is 14.5. The highest BCUT2D eigenvalue weighted by Crippen LogP contribution is 2.45. The normalized spacial score (nSPS) is 19.1. The van der Waals surface area contributed by atoms with Crippen molar-refractivity contribution in [2.45, 2.75) is 4.90 Å². The number of rotatable bonds is 2. The third-order valence-electron chi connectivity index (χ3n) is 5.26. The molecule has 0 amide bonds. The number of nitrogens with zero attached hydrogens (tertiary/aromatic N) is 2. The number of carbonyl (C=O) groups is 2. The van der Waals surface area contributed by atoms with Crippen molar-refractivity contribution < 1.29 is 19.3 Å². The van der Waals surface area contributed by atoms with Gasteiger partial charge in [0.05, 0.1) is 10.7 Å². The summed E-state index contributed by atoms with van der Waals surface area (Å²) in [6.45, 7) is 0. The van der Waals surface area contributed by atoms with Crippen LogP contribution in [0.2, 0.25) is 0 Å². The van der Waals surface area contributed by atoms with E-state index >= 15 is 0 Å². The molecule has 0 spiro atoms. The predicted octanol–water partition coefficient (Wildman–Crippen LogP) is 2.96. The molecule has 148 valence electrons. The molecule has 3 aromatic rings. The summed E-state index contributed by atoms with van der Waals surface area (Å²) in [6.07, 6.45) is 3.08. The Bertz CT molecular complexity index is 1350. The van der Waals surface area contributed by atoms with Crippen LogP contribution in [0.4, 0.5) is 5.69 Å². The molecule has 0 unspecified atom stereocenters. The van der Waals surface area contributed by atoms with E-state index in [9.17, 15) is 14.7 Å². The van der Waals surface area contributed by atoms with Crippen molar-refractivity contribution in [2.75, 3.05) is 11.9 Å². The molecule has 0 saturated heterocycles. The Morgan fingerprint density at radius 1 is 1.00 bits per heavy atom. The number of Topliss-reactive ketones (excluding diaryl/α,β-unsaturated/α-hetero) is 2. The summed E-state index contributed by atoms with van der Waals surface area (Å²) in [5.41, 5.74) is 1.87. The molecule has 1 aliphatic heterocycles. The van der Waals surface area contributed by atoms with E-state index in [0.717, 1.165) is 30.8 Å². The van der Waals surface area contributed by atoms with Gasteiger partial charge in [-0.3, -0.25) is 9.59 Å². The Morgan fingerprint density at radius 2 is 1.73 bits per heavy atom. The van der Waals surface area contributed by atoms with Crippen LogP contribution in [0.15, 0.2) is 81.4 Å². The number of thiazole rings is 1. The van der Waals surface area contributed by atoms with Crippen molar-refractivity contribution in [3.05, 3.63) is 81.5 Å². The SMILES string of the molecule is CN1/C(=C\C2=C([O-])C(=C/c3sc4ccccc4[n+]3C)/C(=O)C2=O)Sc2ccccc21. The standard InChI is InChI=1S/C23H16N2O3S2/c1-24-15-7-3-5-9-17(15)29-19(24)11-13-21(26)14(23(28)22(13)27)12-20-25(2)16-8-4-6-10-18(16)30-20/h3-12H,1-2H3. The minimum absolute atomic E-state index is 0.0721. The number of benzene rings is 2. The van der Waals surface area contributed by atoms with E-state index in [1.807, 2.05) is 72.1 Å². The van der Waals surface area contributed by atoms with Crippen LogP contribution < -0.4 is 14.6 Å². The van der Waals surface area contributed by atoms with Crippen LogP contribution in [0.5, 0.6) is 0 Å². The predicted molar refractivity (Wildman–Crippen MR) is 117 cm³/mol. The number of thioether (sulfide) groups is 1. The van der Waals surface area contributed by atoms with Gasteiger partial charge in [-0.05, 0) is 24.3 Å². The maximum atomic E-state index is 13.0. The number of allylic oxidation sites excluding steroid dienone is 3. The molecule has 1 aromatic heterocycles. The van der Waals surface area contributed by atoms with Crippen molar-refractivity contribution in [3.63, 3.8) is 0 Å². The quantitative estimate of drug-likeness (QED) is 0.354. The maximum absolute atomic E-state index is 13.0. The Labute approximate surface area is 181 Å². The monoisotopic (exact) mass is 432 g/mol. The minimum atomic E-state index is -0.743. The van der Waals surface area contributed by atoms with Crippen LogP contribution >= 0.6 is 23.1 Å². The lowest BCUT2D eigenvalue weighted by molar-refractivity contribution is -0.642. The second-order valence-electron chi connectivity index (χ2n) is 7.04. The highest BCUT2D eigenvalue weighted by atomic mass is 32.2. The average molecular weight is 433 g/mol. The maximum Gasteiger partial charge on any atom is 0.263 e. The highest BCUT2D eigenvalue weighted by Gasteiger charge is 2.33. The van der Waals surface area contributed by atoms with E-state index in [-0.39, 0.29) is 11.1 Å². The number of hydrogen-bond acceptors (Lipinski definition) is 6. The van der Waals surface area contributed by atoms with E-state index < -0.39 is 17.3 Å². The molecule has 30 heavy (non-hydrogen) atoms. The Hall–Kier alpha value is -3.16. The molecule has 5 rings (SSSR count). The lowest BCUT2D eigenvalue weighted by Gasteiger charge is -2.14. The van der Waals surface area contributed by atoms with Gasteiger partial charge in [-0.25, -0.2) is 0 Å². The fourth-order valence-corrected chi connectivity index (χ4v) is 5.79. The molecular weight excluding hydrogens is 416 g/mol. The summed E-state index contributed by atoms with van der Waals surface area (Å²) < 4.78 is 2.97. The van der Waals surface area contributed by atoms with E-state index in [4.69, 9.17) is 0 Å². The van der Waals surface area contributed by atoms with Crippen LogP contribution in [0.3, 0.4) is 0 Å². The van der Waals surface area contributed by atoms with Gasteiger partial charge in [0, 0.05) is 35.2 Å². The molecule has 0 fully saturated rings. The first-order valence-corrected chi connectivity index (χ1v) is 10.9. The summed E-state index contributed by atoms with van der Waals surface area (Å²) in [7, 11) is 3.76. The minimum Gasteiger partial charge on any atom is -0.871 e. The lowest BCUT2D eigenvalue weighted by atomic mass is 10.2. The van der Waals surface area contributed by atoms with E-state index in [1.54, 1.807) is 12.2 Å². The lowest BCUT2D eigenvalue weighted by Crippen LogP contribution is -2.29. The Morgan fingerprint density at radius 3 is 2.50 bits per heavy atom. The molecule has 2 heterocycles. The molecule has 5 nitrogen and oxygen atoms in total. The molecule has 2 aromatic carbocycles. The van der Waals surface area contributed by atoms with Gasteiger partial charge in [-0.15, -0.1) is 0 Å². The zero-order valence-corrected chi connectivity index (χ0v) is 17.8. The van der Waals surface area contributed by atoms with Gasteiger partial charge in [-0.2, -0.15) is 4.57 Å². The molecule has 0 saturated carbocycles.